The summed E-state index contributed by atoms with van der Waals surface area (Å²) in [5.41, 5.74) is 0. The van der Waals surface area contributed by atoms with Gasteiger partial charge in [0.2, 0.25) is 0 Å². The number of hydrogen-bond acceptors (Lipinski definition) is 2. The number of methoxy groups -OCH3 is 1. The molecule has 0 fully saturated rings. The van der Waals surface area contributed by atoms with Gasteiger partial charge >= 0.3 is 0 Å². The van der Waals surface area contributed by atoms with Gasteiger partial charge in [0.15, 0.2) is 0 Å². The molecule has 1 atom stereocenters. The van der Waals surface area contributed by atoms with Crippen molar-refractivity contribution >= 4 is 0 Å². The van der Waals surface area contributed by atoms with E-state index in [-0.39, 0.29) is 6.04 Å². The Labute approximate surface area is 82.1 Å². The molecular weight excluding hydrogens is 162 g/mol. The summed E-state index contributed by atoms with van der Waals surface area (Å²) in [6, 6.07) is 0.257. The fraction of sp³-hybridized carbons (Fsp3) is 0.818. The lowest BCUT2D eigenvalue weighted by atomic mass is 10.2. The lowest BCUT2D eigenvalue weighted by molar-refractivity contribution is 0.192. The highest BCUT2D eigenvalue weighted by Crippen LogP contribution is 1.95. The van der Waals surface area contributed by atoms with E-state index in [1.54, 1.807) is 7.11 Å². The second-order valence-corrected chi connectivity index (χ2v) is 3.16. The zero-order chi connectivity index (χ0) is 9.94. The summed E-state index contributed by atoms with van der Waals surface area (Å²) in [5, 5.41) is 3.34. The number of ether oxygens (including phenoxy) is 1. The van der Waals surface area contributed by atoms with Crippen LogP contribution in [0.5, 0.6) is 0 Å². The third-order valence-electron chi connectivity index (χ3n) is 1.94. The Morgan fingerprint density at radius 2 is 2.23 bits per heavy atom. The van der Waals surface area contributed by atoms with Gasteiger partial charge in [-0.25, -0.2) is 0 Å². The van der Waals surface area contributed by atoms with E-state index in [4.69, 9.17) is 11.2 Å². The summed E-state index contributed by atoms with van der Waals surface area (Å²) in [7, 11) is 1.73. The molecule has 13 heavy (non-hydrogen) atoms. The van der Waals surface area contributed by atoms with Crippen LogP contribution in [0, 0.1) is 12.3 Å². The van der Waals surface area contributed by atoms with E-state index in [1.165, 1.54) is 0 Å². The maximum Gasteiger partial charge on any atom is 0.0686 e. The SMILES string of the molecule is C#CC(CCC)NCCCCOC. The van der Waals surface area contributed by atoms with E-state index in [2.05, 4.69) is 18.2 Å². The zero-order valence-electron chi connectivity index (χ0n) is 8.81. The van der Waals surface area contributed by atoms with Crippen molar-refractivity contribution in [3.8, 4) is 12.3 Å². The highest BCUT2D eigenvalue weighted by atomic mass is 16.5. The molecule has 0 amide bonds. The maximum absolute atomic E-state index is 5.36. The highest BCUT2D eigenvalue weighted by Gasteiger charge is 2.00. The van der Waals surface area contributed by atoms with E-state index in [9.17, 15) is 0 Å². The van der Waals surface area contributed by atoms with Gasteiger partial charge < -0.3 is 10.1 Å². The number of unbranched alkanes of at least 4 members (excludes halogenated alkanes) is 1. The zero-order valence-corrected chi connectivity index (χ0v) is 8.81. The van der Waals surface area contributed by atoms with E-state index >= 15 is 0 Å². The standard InChI is InChI=1S/C11H21NO/c1-4-8-11(5-2)12-9-6-7-10-13-3/h2,11-12H,4,6-10H2,1,3H3. The molecule has 0 aromatic heterocycles. The molecule has 2 heteroatoms. The van der Waals surface area contributed by atoms with Crippen LogP contribution in [-0.2, 0) is 4.74 Å². The molecular formula is C11H21NO. The molecule has 0 saturated heterocycles. The lowest BCUT2D eigenvalue weighted by Crippen LogP contribution is -2.28. The van der Waals surface area contributed by atoms with Crippen LogP contribution >= 0.6 is 0 Å². The molecule has 0 aromatic carbocycles. The number of nitrogens with one attached hydrogen (secondary N) is 1. The van der Waals surface area contributed by atoms with Crippen LogP contribution in [0.15, 0.2) is 0 Å². The van der Waals surface area contributed by atoms with Crippen LogP contribution in [0.25, 0.3) is 0 Å². The smallest absolute Gasteiger partial charge is 0.0686 e. The molecule has 0 saturated carbocycles. The predicted octanol–water partition coefficient (Wildman–Crippen LogP) is 1.80. The second kappa shape index (κ2) is 9.57. The monoisotopic (exact) mass is 183 g/mol. The molecule has 2 nitrogen and oxygen atoms in total. The Morgan fingerprint density at radius 1 is 1.46 bits per heavy atom. The van der Waals surface area contributed by atoms with Crippen LogP contribution < -0.4 is 5.32 Å². The van der Waals surface area contributed by atoms with E-state index in [1.807, 2.05) is 0 Å². The van der Waals surface area contributed by atoms with Crippen molar-refractivity contribution in [2.45, 2.75) is 38.6 Å². The first-order valence-corrected chi connectivity index (χ1v) is 5.03. The van der Waals surface area contributed by atoms with Gasteiger partial charge in [0.1, 0.15) is 0 Å². The maximum atomic E-state index is 5.36. The molecule has 0 spiro atoms. The molecule has 76 valence electrons. The van der Waals surface area contributed by atoms with Crippen molar-refractivity contribution in [2.75, 3.05) is 20.3 Å². The number of terminal acetylenes is 1. The predicted molar refractivity (Wildman–Crippen MR) is 56.6 cm³/mol. The van der Waals surface area contributed by atoms with Crippen molar-refractivity contribution in [1.82, 2.24) is 5.32 Å². The molecule has 0 aliphatic carbocycles. The minimum absolute atomic E-state index is 0.257. The molecule has 1 unspecified atom stereocenters. The van der Waals surface area contributed by atoms with Crippen LogP contribution in [0.3, 0.4) is 0 Å². The Morgan fingerprint density at radius 3 is 2.77 bits per heavy atom. The first kappa shape index (κ1) is 12.5. The van der Waals surface area contributed by atoms with Crippen molar-refractivity contribution in [1.29, 1.82) is 0 Å². The van der Waals surface area contributed by atoms with Crippen LogP contribution in [0.2, 0.25) is 0 Å². The minimum Gasteiger partial charge on any atom is -0.385 e. The van der Waals surface area contributed by atoms with E-state index in [0.29, 0.717) is 0 Å². The van der Waals surface area contributed by atoms with Crippen molar-refractivity contribution < 1.29 is 4.74 Å². The Bertz CT molecular complexity index is 140. The van der Waals surface area contributed by atoms with E-state index in [0.717, 1.165) is 38.8 Å². The second-order valence-electron chi connectivity index (χ2n) is 3.16. The fourth-order valence-corrected chi connectivity index (χ4v) is 1.18. The summed E-state index contributed by atoms with van der Waals surface area (Å²) < 4.78 is 4.95. The van der Waals surface area contributed by atoms with Crippen LogP contribution in [-0.4, -0.2) is 26.3 Å². The Balaban J connectivity index is 3.24. The highest BCUT2D eigenvalue weighted by molar-refractivity contribution is 4.98. The van der Waals surface area contributed by atoms with Gasteiger partial charge in [-0.1, -0.05) is 19.3 Å². The third-order valence-corrected chi connectivity index (χ3v) is 1.94. The Kier molecular flexibility index (Phi) is 9.18. The first-order chi connectivity index (χ1) is 6.35. The molecule has 0 radical (unpaired) electrons. The van der Waals surface area contributed by atoms with Gasteiger partial charge in [0, 0.05) is 13.7 Å². The number of rotatable bonds is 8. The molecule has 1 N–H and O–H groups in total. The summed E-state index contributed by atoms with van der Waals surface area (Å²) in [4.78, 5) is 0. The lowest BCUT2D eigenvalue weighted by Gasteiger charge is -2.11. The van der Waals surface area contributed by atoms with Crippen molar-refractivity contribution in [3.63, 3.8) is 0 Å². The number of hydrogen-bond donors (Lipinski definition) is 1. The van der Waals surface area contributed by atoms with Crippen LogP contribution in [0.4, 0.5) is 0 Å². The third kappa shape index (κ3) is 7.83. The summed E-state index contributed by atoms with van der Waals surface area (Å²) in [6.45, 7) is 3.99. The minimum atomic E-state index is 0.257. The van der Waals surface area contributed by atoms with Crippen molar-refractivity contribution in [2.24, 2.45) is 0 Å². The topological polar surface area (TPSA) is 21.3 Å². The molecule has 0 rings (SSSR count). The average molecular weight is 183 g/mol. The molecule has 0 aliphatic heterocycles. The van der Waals surface area contributed by atoms with Gasteiger partial charge in [0.25, 0.3) is 0 Å². The van der Waals surface area contributed by atoms with Gasteiger partial charge in [-0.15, -0.1) is 6.42 Å². The molecule has 0 aromatic rings. The molecule has 0 bridgehead atoms. The van der Waals surface area contributed by atoms with Gasteiger partial charge in [0.05, 0.1) is 6.04 Å². The molecule has 0 heterocycles. The molecule has 0 aliphatic rings. The first-order valence-electron chi connectivity index (χ1n) is 5.03. The normalized spacial score (nSPS) is 12.4. The summed E-state index contributed by atoms with van der Waals surface area (Å²) in [5.74, 6) is 2.75. The largest absolute Gasteiger partial charge is 0.385 e. The Hall–Kier alpha value is -0.520. The van der Waals surface area contributed by atoms with E-state index < -0.39 is 0 Å². The summed E-state index contributed by atoms with van der Waals surface area (Å²) in [6.07, 6.45) is 9.81. The van der Waals surface area contributed by atoms with Crippen LogP contribution in [0.1, 0.15) is 32.6 Å². The summed E-state index contributed by atoms with van der Waals surface area (Å²) >= 11 is 0. The quantitative estimate of drug-likeness (QED) is 0.458. The van der Waals surface area contributed by atoms with Gasteiger partial charge in [-0.2, -0.15) is 0 Å². The van der Waals surface area contributed by atoms with Crippen molar-refractivity contribution in [3.05, 3.63) is 0 Å². The average Bonchev–Trinajstić information content (AvgIpc) is 2.16. The van der Waals surface area contributed by atoms with Gasteiger partial charge in [-0.05, 0) is 25.8 Å². The van der Waals surface area contributed by atoms with Gasteiger partial charge in [-0.3, -0.25) is 0 Å². The fourth-order valence-electron chi connectivity index (χ4n) is 1.18.